The average Bonchev–Trinajstić information content (AvgIpc) is 2.96. The van der Waals surface area contributed by atoms with Crippen LogP contribution in [0.4, 0.5) is 28.6 Å². The van der Waals surface area contributed by atoms with Gasteiger partial charge in [0.15, 0.2) is 0 Å². The number of likely N-dealkylation sites (tertiary alicyclic amines) is 1. The third-order valence-corrected chi connectivity index (χ3v) is 7.03. The van der Waals surface area contributed by atoms with Gasteiger partial charge >= 0.3 is 0 Å². The molecule has 1 aliphatic heterocycles. The summed E-state index contributed by atoms with van der Waals surface area (Å²) >= 11 is 0. The molecule has 0 saturated carbocycles. The summed E-state index contributed by atoms with van der Waals surface area (Å²) in [7, 11) is 5.14. The second-order valence-corrected chi connectivity index (χ2v) is 9.26. The summed E-state index contributed by atoms with van der Waals surface area (Å²) in [6.45, 7) is 2.78. The molecule has 3 N–H and O–H groups in total. The highest BCUT2D eigenvalue weighted by Crippen LogP contribution is 2.40. The maximum absolute atomic E-state index is 12.1. The molecule has 12 heteroatoms. The highest BCUT2D eigenvalue weighted by atomic mass is 16.6. The number of carbonyl (C=O) groups is 1. The van der Waals surface area contributed by atoms with E-state index in [9.17, 15) is 14.9 Å². The standard InChI is InChI=1S/C27H32N8O4/c1-17(36)34-9-7-20(8-10-34)33(3)24-14-26(39-4)23(12-25(24)35(37)38)32-27-13-22(30-16-31-27)18-5-6-21(29-2)19(11-18)15-28/h5-6,11-16,20,28-29H,7-10H2,1-4H3,(H,30,31,32). The van der Waals surface area contributed by atoms with E-state index in [4.69, 9.17) is 10.1 Å². The van der Waals surface area contributed by atoms with Crippen molar-refractivity contribution in [2.75, 3.05) is 49.8 Å². The summed E-state index contributed by atoms with van der Waals surface area (Å²) in [5, 5.41) is 26.0. The van der Waals surface area contributed by atoms with E-state index in [1.54, 1.807) is 31.0 Å². The lowest BCUT2D eigenvalue weighted by Gasteiger charge is -2.37. The molecule has 0 unspecified atom stereocenters. The van der Waals surface area contributed by atoms with Crippen LogP contribution < -0.4 is 20.3 Å². The number of rotatable bonds is 9. The van der Waals surface area contributed by atoms with Gasteiger partial charge in [-0.3, -0.25) is 14.9 Å². The summed E-state index contributed by atoms with van der Waals surface area (Å²) in [5.74, 6) is 0.893. The zero-order valence-corrected chi connectivity index (χ0v) is 22.4. The number of carbonyl (C=O) groups excluding carboxylic acids is 1. The van der Waals surface area contributed by atoms with E-state index in [-0.39, 0.29) is 17.6 Å². The molecule has 0 spiro atoms. The third-order valence-electron chi connectivity index (χ3n) is 7.03. The van der Waals surface area contributed by atoms with Crippen LogP contribution >= 0.6 is 0 Å². The van der Waals surface area contributed by atoms with Gasteiger partial charge in [-0.25, -0.2) is 9.97 Å². The highest BCUT2D eigenvalue weighted by Gasteiger charge is 2.29. The van der Waals surface area contributed by atoms with Crippen LogP contribution in [0, 0.1) is 15.5 Å². The molecule has 1 aromatic heterocycles. The van der Waals surface area contributed by atoms with E-state index in [0.29, 0.717) is 60.1 Å². The van der Waals surface area contributed by atoms with Crippen molar-refractivity contribution in [3.8, 4) is 17.0 Å². The van der Waals surface area contributed by atoms with Crippen LogP contribution in [0.3, 0.4) is 0 Å². The smallest absolute Gasteiger partial charge is 0.294 e. The van der Waals surface area contributed by atoms with Crippen molar-refractivity contribution in [3.05, 3.63) is 58.4 Å². The first-order chi connectivity index (χ1) is 18.7. The average molecular weight is 533 g/mol. The number of hydrogen-bond acceptors (Lipinski definition) is 10. The van der Waals surface area contributed by atoms with Gasteiger partial charge in [0.2, 0.25) is 5.91 Å². The Labute approximate surface area is 226 Å². The fourth-order valence-electron chi connectivity index (χ4n) is 4.81. The first kappa shape index (κ1) is 27.3. The van der Waals surface area contributed by atoms with E-state index in [0.717, 1.165) is 11.3 Å². The van der Waals surface area contributed by atoms with Crippen LogP contribution in [-0.4, -0.2) is 72.2 Å². The molecule has 0 radical (unpaired) electrons. The first-order valence-electron chi connectivity index (χ1n) is 12.5. The largest absolute Gasteiger partial charge is 0.494 e. The van der Waals surface area contributed by atoms with Crippen LogP contribution in [0.25, 0.3) is 11.3 Å². The molecule has 2 aromatic carbocycles. The Morgan fingerprint density at radius 1 is 1.21 bits per heavy atom. The Morgan fingerprint density at radius 2 is 1.95 bits per heavy atom. The monoisotopic (exact) mass is 532 g/mol. The van der Waals surface area contributed by atoms with Crippen LogP contribution in [0.2, 0.25) is 0 Å². The fraction of sp³-hybridized carbons (Fsp3) is 0.333. The highest BCUT2D eigenvalue weighted by molar-refractivity contribution is 5.88. The summed E-state index contributed by atoms with van der Waals surface area (Å²) in [4.78, 5) is 35.8. The van der Waals surface area contributed by atoms with E-state index in [1.165, 1.54) is 25.7 Å². The Hall–Kier alpha value is -4.74. The summed E-state index contributed by atoms with van der Waals surface area (Å²) in [6.07, 6.45) is 4.11. The minimum Gasteiger partial charge on any atom is -0.494 e. The van der Waals surface area contributed by atoms with Gasteiger partial charge in [-0.05, 0) is 25.0 Å². The second kappa shape index (κ2) is 11.8. The van der Waals surface area contributed by atoms with Crippen molar-refractivity contribution in [2.24, 2.45) is 0 Å². The minimum atomic E-state index is -0.408. The maximum atomic E-state index is 12.1. The van der Waals surface area contributed by atoms with Gasteiger partial charge in [-0.2, -0.15) is 0 Å². The molecule has 12 nitrogen and oxygen atoms in total. The molecule has 1 fully saturated rings. The van der Waals surface area contributed by atoms with Gasteiger partial charge in [-0.1, -0.05) is 6.07 Å². The van der Waals surface area contributed by atoms with E-state index in [2.05, 4.69) is 20.6 Å². The van der Waals surface area contributed by atoms with Crippen molar-refractivity contribution in [1.29, 1.82) is 5.41 Å². The molecule has 0 atom stereocenters. The quantitative estimate of drug-likeness (QED) is 0.208. The topological polar surface area (TPSA) is 150 Å². The van der Waals surface area contributed by atoms with E-state index < -0.39 is 4.92 Å². The predicted octanol–water partition coefficient (Wildman–Crippen LogP) is 4.29. The molecular formula is C27H32N8O4. The molecule has 4 rings (SSSR count). The molecule has 1 amide bonds. The zero-order valence-electron chi connectivity index (χ0n) is 22.4. The number of nitrogens with zero attached hydrogens (tertiary/aromatic N) is 5. The number of ether oxygens (including phenoxy) is 1. The number of methoxy groups -OCH3 is 1. The minimum absolute atomic E-state index is 0.0391. The van der Waals surface area contributed by atoms with Crippen LogP contribution in [0.5, 0.6) is 5.75 Å². The molecule has 39 heavy (non-hydrogen) atoms. The van der Waals surface area contributed by atoms with Crippen molar-refractivity contribution >= 4 is 40.7 Å². The van der Waals surface area contributed by atoms with Crippen molar-refractivity contribution in [3.63, 3.8) is 0 Å². The number of anilines is 4. The number of benzene rings is 2. The molecule has 0 aliphatic carbocycles. The molecular weight excluding hydrogens is 500 g/mol. The van der Waals surface area contributed by atoms with Gasteiger partial charge < -0.3 is 30.6 Å². The van der Waals surface area contributed by atoms with Crippen LogP contribution in [0.1, 0.15) is 25.3 Å². The predicted molar refractivity (Wildman–Crippen MR) is 152 cm³/mol. The Bertz CT molecular complexity index is 1390. The van der Waals surface area contributed by atoms with Crippen molar-refractivity contribution in [2.45, 2.75) is 25.8 Å². The number of aromatic nitrogens is 2. The van der Waals surface area contributed by atoms with Gasteiger partial charge in [0.1, 0.15) is 23.6 Å². The molecule has 1 aliphatic rings. The van der Waals surface area contributed by atoms with E-state index >= 15 is 0 Å². The summed E-state index contributed by atoms with van der Waals surface area (Å²) in [6, 6.07) is 10.5. The lowest BCUT2D eigenvalue weighted by Crippen LogP contribution is -2.45. The second-order valence-electron chi connectivity index (χ2n) is 9.26. The van der Waals surface area contributed by atoms with Gasteiger partial charge in [-0.15, -0.1) is 0 Å². The fourth-order valence-corrected chi connectivity index (χ4v) is 4.81. The lowest BCUT2D eigenvalue weighted by molar-refractivity contribution is -0.384. The van der Waals surface area contributed by atoms with Crippen molar-refractivity contribution < 1.29 is 14.5 Å². The number of amides is 1. The molecule has 1 saturated heterocycles. The van der Waals surface area contributed by atoms with Crippen LogP contribution in [-0.2, 0) is 4.79 Å². The number of nitro benzene ring substituents is 1. The zero-order chi connectivity index (χ0) is 28.1. The van der Waals surface area contributed by atoms with Gasteiger partial charge in [0.25, 0.3) is 5.69 Å². The molecule has 2 heterocycles. The number of hydrogen-bond donors (Lipinski definition) is 3. The molecule has 3 aromatic rings. The Morgan fingerprint density at radius 3 is 2.56 bits per heavy atom. The van der Waals surface area contributed by atoms with Gasteiger partial charge in [0, 0.05) is 81.4 Å². The normalized spacial score (nSPS) is 13.5. The summed E-state index contributed by atoms with van der Waals surface area (Å²) in [5.41, 5.74) is 3.73. The number of nitro groups is 1. The Balaban J connectivity index is 1.63. The first-order valence-corrected chi connectivity index (χ1v) is 12.5. The number of piperidine rings is 1. The molecule has 204 valence electrons. The summed E-state index contributed by atoms with van der Waals surface area (Å²) < 4.78 is 5.61. The van der Waals surface area contributed by atoms with Crippen LogP contribution in [0.15, 0.2) is 42.7 Å². The van der Waals surface area contributed by atoms with Crippen molar-refractivity contribution in [1.82, 2.24) is 14.9 Å². The SMILES string of the molecule is CNc1ccc(-c2cc(Nc3cc([N+](=O)[O-])c(N(C)C4CCN(C(C)=O)CC4)cc3OC)ncn2)cc1C=N. The lowest BCUT2D eigenvalue weighted by atomic mass is 10.0. The number of nitrogens with one attached hydrogen (secondary N) is 3. The Kier molecular flexibility index (Phi) is 8.23. The van der Waals surface area contributed by atoms with Gasteiger partial charge in [0.05, 0.1) is 23.4 Å². The third kappa shape index (κ3) is 5.89. The van der Waals surface area contributed by atoms with E-state index in [1.807, 2.05) is 30.1 Å². The maximum Gasteiger partial charge on any atom is 0.294 e. The molecule has 0 bridgehead atoms.